The molecule has 1 heterocycles. The molecule has 0 atom stereocenters. The van der Waals surface area contributed by atoms with Crippen molar-refractivity contribution in [1.82, 2.24) is 4.57 Å². The van der Waals surface area contributed by atoms with E-state index in [4.69, 9.17) is 5.73 Å². The molecular weight excluding hydrogens is 285 g/mol. The standard InChI is InChI=1S/C16H18FN3O2/c1-3-6-20-9-11(16(18)22)14(8-15(20)21)19-13-5-4-10(2)7-12(13)17/h4-5,7-9,19H,3,6H2,1-2H3,(H2,18,22). The van der Waals surface area contributed by atoms with Gasteiger partial charge in [0, 0.05) is 18.8 Å². The third-order valence-electron chi connectivity index (χ3n) is 3.25. The fraction of sp³-hybridized carbons (Fsp3) is 0.250. The highest BCUT2D eigenvalue weighted by molar-refractivity contribution is 5.98. The molecule has 0 saturated heterocycles. The van der Waals surface area contributed by atoms with Crippen LogP contribution >= 0.6 is 0 Å². The van der Waals surface area contributed by atoms with Crippen LogP contribution in [0.25, 0.3) is 0 Å². The summed E-state index contributed by atoms with van der Waals surface area (Å²) in [5.41, 5.74) is 6.39. The van der Waals surface area contributed by atoms with Crippen LogP contribution in [0.5, 0.6) is 0 Å². The second-order valence-corrected chi connectivity index (χ2v) is 5.10. The van der Waals surface area contributed by atoms with Crippen molar-refractivity contribution in [3.05, 3.63) is 57.8 Å². The molecule has 1 aromatic heterocycles. The number of carbonyl (C=O) groups excluding carboxylic acids is 1. The number of nitrogens with zero attached hydrogens (tertiary/aromatic N) is 1. The highest BCUT2D eigenvalue weighted by Gasteiger charge is 2.13. The molecule has 3 N–H and O–H groups in total. The summed E-state index contributed by atoms with van der Waals surface area (Å²) in [4.78, 5) is 23.6. The average Bonchev–Trinajstić information content (AvgIpc) is 2.44. The van der Waals surface area contributed by atoms with Gasteiger partial charge in [-0.1, -0.05) is 13.0 Å². The number of rotatable bonds is 5. The fourth-order valence-corrected chi connectivity index (χ4v) is 2.16. The van der Waals surface area contributed by atoms with Gasteiger partial charge in [-0.2, -0.15) is 0 Å². The van der Waals surface area contributed by atoms with E-state index in [0.717, 1.165) is 12.0 Å². The Morgan fingerprint density at radius 1 is 1.32 bits per heavy atom. The monoisotopic (exact) mass is 303 g/mol. The highest BCUT2D eigenvalue weighted by atomic mass is 19.1. The smallest absolute Gasteiger partial charge is 0.252 e. The van der Waals surface area contributed by atoms with Gasteiger partial charge in [0.05, 0.1) is 16.9 Å². The minimum Gasteiger partial charge on any atom is -0.365 e. The molecule has 0 aliphatic rings. The molecule has 1 aromatic carbocycles. The van der Waals surface area contributed by atoms with Crippen molar-refractivity contribution in [2.24, 2.45) is 5.73 Å². The zero-order valence-corrected chi connectivity index (χ0v) is 12.5. The van der Waals surface area contributed by atoms with E-state index in [0.29, 0.717) is 6.54 Å². The van der Waals surface area contributed by atoms with Crippen LogP contribution in [0, 0.1) is 12.7 Å². The van der Waals surface area contributed by atoms with Crippen LogP contribution in [0.2, 0.25) is 0 Å². The van der Waals surface area contributed by atoms with Gasteiger partial charge in [-0.3, -0.25) is 9.59 Å². The summed E-state index contributed by atoms with van der Waals surface area (Å²) in [6.07, 6.45) is 2.15. The number of nitrogens with two attached hydrogens (primary N) is 1. The SMILES string of the molecule is CCCn1cc(C(N)=O)c(Nc2ccc(C)cc2F)cc1=O. The molecule has 0 saturated carbocycles. The predicted octanol–water partition coefficient (Wildman–Crippen LogP) is 2.55. The van der Waals surface area contributed by atoms with E-state index in [-0.39, 0.29) is 22.5 Å². The van der Waals surface area contributed by atoms with Crippen LogP contribution in [0.1, 0.15) is 29.3 Å². The van der Waals surface area contributed by atoms with Crippen molar-refractivity contribution in [2.45, 2.75) is 26.8 Å². The first-order chi connectivity index (χ1) is 10.4. The molecule has 0 unspecified atom stereocenters. The number of halogens is 1. The van der Waals surface area contributed by atoms with Gasteiger partial charge in [0.1, 0.15) is 5.82 Å². The van der Waals surface area contributed by atoms with Gasteiger partial charge in [0.2, 0.25) is 0 Å². The molecule has 6 heteroatoms. The van der Waals surface area contributed by atoms with E-state index in [9.17, 15) is 14.0 Å². The van der Waals surface area contributed by atoms with Crippen LogP contribution in [-0.2, 0) is 6.54 Å². The molecule has 2 rings (SSSR count). The van der Waals surface area contributed by atoms with Crippen LogP contribution in [0.15, 0.2) is 35.3 Å². The highest BCUT2D eigenvalue weighted by Crippen LogP contribution is 2.22. The van der Waals surface area contributed by atoms with Crippen LogP contribution in [0.4, 0.5) is 15.8 Å². The number of aryl methyl sites for hydroxylation is 2. The number of amides is 1. The molecule has 0 aliphatic carbocycles. The van der Waals surface area contributed by atoms with E-state index >= 15 is 0 Å². The first-order valence-corrected chi connectivity index (χ1v) is 7.00. The first kappa shape index (κ1) is 15.8. The maximum Gasteiger partial charge on any atom is 0.252 e. The normalized spacial score (nSPS) is 10.5. The zero-order valence-electron chi connectivity index (χ0n) is 12.5. The Kier molecular flexibility index (Phi) is 4.60. The van der Waals surface area contributed by atoms with Crippen molar-refractivity contribution in [1.29, 1.82) is 0 Å². The molecule has 0 fully saturated rings. The Labute approximate surface area is 127 Å². The van der Waals surface area contributed by atoms with Crippen molar-refractivity contribution in [3.63, 3.8) is 0 Å². The van der Waals surface area contributed by atoms with Crippen molar-refractivity contribution in [3.8, 4) is 0 Å². The van der Waals surface area contributed by atoms with Gasteiger partial charge in [0.25, 0.3) is 11.5 Å². The Hall–Kier alpha value is -2.63. The topological polar surface area (TPSA) is 77.1 Å². The lowest BCUT2D eigenvalue weighted by Crippen LogP contribution is -2.24. The summed E-state index contributed by atoms with van der Waals surface area (Å²) in [5.74, 6) is -1.15. The number of primary amides is 1. The first-order valence-electron chi connectivity index (χ1n) is 7.00. The quantitative estimate of drug-likeness (QED) is 0.891. The molecule has 0 bridgehead atoms. The molecular formula is C16H18FN3O2. The van der Waals surface area contributed by atoms with E-state index in [1.54, 1.807) is 19.1 Å². The van der Waals surface area contributed by atoms with Gasteiger partial charge in [0.15, 0.2) is 0 Å². The Morgan fingerprint density at radius 2 is 2.05 bits per heavy atom. The predicted molar refractivity (Wildman–Crippen MR) is 83.9 cm³/mol. The lowest BCUT2D eigenvalue weighted by atomic mass is 10.1. The molecule has 0 spiro atoms. The minimum atomic E-state index is -0.681. The number of pyridine rings is 1. The summed E-state index contributed by atoms with van der Waals surface area (Å²) in [6, 6.07) is 5.90. The van der Waals surface area contributed by atoms with Crippen molar-refractivity contribution in [2.75, 3.05) is 5.32 Å². The summed E-state index contributed by atoms with van der Waals surface area (Å²) < 4.78 is 15.3. The van der Waals surface area contributed by atoms with Gasteiger partial charge >= 0.3 is 0 Å². The van der Waals surface area contributed by atoms with Crippen LogP contribution < -0.4 is 16.6 Å². The summed E-state index contributed by atoms with van der Waals surface area (Å²) in [5, 5.41) is 2.77. The molecule has 1 amide bonds. The zero-order chi connectivity index (χ0) is 16.3. The van der Waals surface area contributed by atoms with Crippen LogP contribution in [-0.4, -0.2) is 10.5 Å². The third kappa shape index (κ3) is 3.33. The number of aromatic nitrogens is 1. The molecule has 2 aromatic rings. The van der Waals surface area contributed by atoms with Crippen molar-refractivity contribution < 1.29 is 9.18 Å². The van der Waals surface area contributed by atoms with Gasteiger partial charge in [-0.25, -0.2) is 4.39 Å². The summed E-state index contributed by atoms with van der Waals surface area (Å²) in [7, 11) is 0. The molecule has 22 heavy (non-hydrogen) atoms. The molecule has 116 valence electrons. The van der Waals surface area contributed by atoms with Gasteiger partial charge in [-0.15, -0.1) is 0 Å². The third-order valence-corrected chi connectivity index (χ3v) is 3.25. The summed E-state index contributed by atoms with van der Waals surface area (Å²) in [6.45, 7) is 4.18. The summed E-state index contributed by atoms with van der Waals surface area (Å²) >= 11 is 0. The van der Waals surface area contributed by atoms with Crippen molar-refractivity contribution >= 4 is 17.3 Å². The van der Waals surface area contributed by atoms with E-state index < -0.39 is 11.7 Å². The number of anilines is 2. The molecule has 5 nitrogen and oxygen atoms in total. The largest absolute Gasteiger partial charge is 0.365 e. The molecule has 0 aliphatic heterocycles. The fourth-order valence-electron chi connectivity index (χ4n) is 2.16. The second-order valence-electron chi connectivity index (χ2n) is 5.10. The number of benzene rings is 1. The Bertz CT molecular complexity index is 768. The lowest BCUT2D eigenvalue weighted by molar-refractivity contribution is 0.1000. The maximum absolute atomic E-state index is 13.9. The van der Waals surface area contributed by atoms with E-state index in [1.807, 2.05) is 6.92 Å². The number of nitrogens with one attached hydrogen (secondary N) is 1. The Morgan fingerprint density at radius 3 is 2.64 bits per heavy atom. The Balaban J connectivity index is 2.47. The van der Waals surface area contributed by atoms with Crippen LogP contribution in [0.3, 0.4) is 0 Å². The number of carbonyl (C=O) groups is 1. The minimum absolute atomic E-state index is 0.146. The number of hydrogen-bond donors (Lipinski definition) is 2. The maximum atomic E-state index is 13.9. The van der Waals surface area contributed by atoms with Gasteiger partial charge < -0.3 is 15.6 Å². The second kappa shape index (κ2) is 6.43. The average molecular weight is 303 g/mol. The lowest BCUT2D eigenvalue weighted by Gasteiger charge is -2.13. The van der Waals surface area contributed by atoms with E-state index in [2.05, 4.69) is 5.32 Å². The molecule has 0 radical (unpaired) electrons. The van der Waals surface area contributed by atoms with Gasteiger partial charge in [-0.05, 0) is 31.0 Å². The van der Waals surface area contributed by atoms with E-state index in [1.165, 1.54) is 22.9 Å². The number of hydrogen-bond acceptors (Lipinski definition) is 3.